The van der Waals surface area contributed by atoms with Crippen molar-refractivity contribution < 1.29 is 9.59 Å². The van der Waals surface area contributed by atoms with Crippen molar-refractivity contribution in [1.29, 1.82) is 0 Å². The fraction of sp³-hybridized carbons (Fsp3) is 0.286. The number of hydrogen-bond acceptors (Lipinski definition) is 6. The van der Waals surface area contributed by atoms with Gasteiger partial charge in [-0.15, -0.1) is 10.2 Å². The molecule has 0 aliphatic heterocycles. The topological polar surface area (TPSA) is 102 Å². The predicted octanol–water partition coefficient (Wildman–Crippen LogP) is 3.74. The average molecular weight is 425 g/mol. The smallest absolute Gasteiger partial charge is 0.234 e. The van der Waals surface area contributed by atoms with Gasteiger partial charge in [0.05, 0.1) is 5.75 Å². The molecule has 2 heterocycles. The Bertz CT molecular complexity index is 1010. The van der Waals surface area contributed by atoms with Gasteiger partial charge in [0.1, 0.15) is 0 Å². The Labute approximate surface area is 179 Å². The fourth-order valence-corrected chi connectivity index (χ4v) is 3.47. The van der Waals surface area contributed by atoms with E-state index in [1.807, 2.05) is 30.7 Å². The van der Waals surface area contributed by atoms with Gasteiger partial charge < -0.3 is 15.2 Å². The van der Waals surface area contributed by atoms with Crippen molar-refractivity contribution in [2.45, 2.75) is 31.3 Å². The lowest BCUT2D eigenvalue weighted by Crippen LogP contribution is -2.15. The van der Waals surface area contributed by atoms with E-state index in [2.05, 4.69) is 25.8 Å². The first-order chi connectivity index (χ1) is 14.6. The summed E-state index contributed by atoms with van der Waals surface area (Å²) < 4.78 is 1.85. The Hall–Kier alpha value is -3.20. The summed E-state index contributed by atoms with van der Waals surface area (Å²) in [6, 6.07) is 10.8. The van der Waals surface area contributed by atoms with Crippen LogP contribution in [0.3, 0.4) is 0 Å². The maximum Gasteiger partial charge on any atom is 0.234 e. The van der Waals surface area contributed by atoms with Gasteiger partial charge in [0, 0.05) is 42.8 Å². The third kappa shape index (κ3) is 5.90. The molecule has 0 aliphatic carbocycles. The second kappa shape index (κ2) is 10.5. The van der Waals surface area contributed by atoms with E-state index in [0.29, 0.717) is 28.8 Å². The Balaban J connectivity index is 1.55. The quantitative estimate of drug-likeness (QED) is 0.508. The lowest BCUT2D eigenvalue weighted by molar-refractivity contribution is -0.116. The van der Waals surface area contributed by atoms with Gasteiger partial charge in [0.25, 0.3) is 0 Å². The Kier molecular flexibility index (Phi) is 7.56. The zero-order chi connectivity index (χ0) is 21.3. The molecule has 0 unspecified atom stereocenters. The van der Waals surface area contributed by atoms with Crippen molar-refractivity contribution in [2.24, 2.45) is 7.05 Å². The van der Waals surface area contributed by atoms with Gasteiger partial charge in [-0.3, -0.25) is 14.6 Å². The van der Waals surface area contributed by atoms with Crippen LogP contribution in [0.2, 0.25) is 0 Å². The van der Waals surface area contributed by atoms with Crippen LogP contribution in [0.15, 0.2) is 53.9 Å². The zero-order valence-electron chi connectivity index (χ0n) is 17.0. The number of anilines is 2. The Morgan fingerprint density at radius 1 is 1.03 bits per heavy atom. The van der Waals surface area contributed by atoms with E-state index < -0.39 is 0 Å². The number of nitrogens with one attached hydrogen (secondary N) is 2. The molecule has 9 heteroatoms. The van der Waals surface area contributed by atoms with E-state index in [4.69, 9.17) is 0 Å². The molecule has 0 aliphatic rings. The maximum atomic E-state index is 12.4. The highest BCUT2D eigenvalue weighted by Crippen LogP contribution is 2.22. The molecule has 1 aromatic carbocycles. The Morgan fingerprint density at radius 2 is 1.73 bits per heavy atom. The highest BCUT2D eigenvalue weighted by molar-refractivity contribution is 7.99. The summed E-state index contributed by atoms with van der Waals surface area (Å²) >= 11 is 1.31. The minimum Gasteiger partial charge on any atom is -0.326 e. The molecule has 3 rings (SSSR count). The summed E-state index contributed by atoms with van der Waals surface area (Å²) in [5.74, 6) is 0.716. The number of aromatic nitrogens is 4. The molecular weight excluding hydrogens is 400 g/mol. The van der Waals surface area contributed by atoms with E-state index in [1.165, 1.54) is 11.8 Å². The lowest BCUT2D eigenvalue weighted by Gasteiger charge is -2.09. The summed E-state index contributed by atoms with van der Waals surface area (Å²) in [5, 5.41) is 14.7. The van der Waals surface area contributed by atoms with Crippen molar-refractivity contribution in [2.75, 3.05) is 16.4 Å². The van der Waals surface area contributed by atoms with Crippen LogP contribution < -0.4 is 10.6 Å². The number of hydrogen-bond donors (Lipinski definition) is 2. The van der Waals surface area contributed by atoms with Gasteiger partial charge in [0.2, 0.25) is 11.8 Å². The number of thioether (sulfide) groups is 1. The van der Waals surface area contributed by atoms with Crippen molar-refractivity contribution in [3.8, 4) is 11.4 Å². The molecule has 0 fully saturated rings. The minimum absolute atomic E-state index is 0.0248. The maximum absolute atomic E-state index is 12.4. The van der Waals surface area contributed by atoms with Crippen LogP contribution in [0.1, 0.15) is 26.2 Å². The SMILES string of the molecule is CCCCC(=O)Nc1cccc(NC(=O)CSc2nnc(-c3ccncc3)n2C)c1. The molecule has 0 atom stereocenters. The van der Waals surface area contributed by atoms with Crippen LogP contribution in [-0.4, -0.2) is 37.3 Å². The van der Waals surface area contributed by atoms with Crippen molar-refractivity contribution in [1.82, 2.24) is 19.7 Å². The monoisotopic (exact) mass is 424 g/mol. The highest BCUT2D eigenvalue weighted by atomic mass is 32.2. The number of benzene rings is 1. The molecular formula is C21H24N6O2S. The third-order valence-electron chi connectivity index (χ3n) is 4.29. The molecule has 3 aromatic rings. The van der Waals surface area contributed by atoms with Gasteiger partial charge in [-0.2, -0.15) is 0 Å². The first-order valence-corrected chi connectivity index (χ1v) is 10.7. The molecule has 2 amide bonds. The van der Waals surface area contributed by atoms with Gasteiger partial charge in [-0.1, -0.05) is 31.2 Å². The molecule has 30 heavy (non-hydrogen) atoms. The van der Waals surface area contributed by atoms with Crippen molar-refractivity contribution in [3.05, 3.63) is 48.8 Å². The first-order valence-electron chi connectivity index (χ1n) is 9.69. The summed E-state index contributed by atoms with van der Waals surface area (Å²) in [6.45, 7) is 2.04. The number of carbonyl (C=O) groups excluding carboxylic acids is 2. The standard InChI is InChI=1S/C21H24N6O2S/c1-3-4-8-18(28)23-16-6-5-7-17(13-16)24-19(29)14-30-21-26-25-20(27(21)2)15-9-11-22-12-10-15/h5-7,9-13H,3-4,8,14H2,1-2H3,(H,23,28)(H,24,29). The molecule has 0 spiro atoms. The molecule has 8 nitrogen and oxygen atoms in total. The number of unbranched alkanes of at least 4 members (excludes halogenated alkanes) is 1. The van der Waals surface area contributed by atoms with E-state index in [0.717, 1.165) is 18.4 Å². The molecule has 0 radical (unpaired) electrons. The summed E-state index contributed by atoms with van der Waals surface area (Å²) in [6.07, 6.45) is 5.71. The summed E-state index contributed by atoms with van der Waals surface area (Å²) in [4.78, 5) is 28.2. The predicted molar refractivity (Wildman–Crippen MR) is 118 cm³/mol. The number of nitrogens with zero attached hydrogens (tertiary/aromatic N) is 4. The van der Waals surface area contributed by atoms with Crippen LogP contribution in [0.5, 0.6) is 0 Å². The zero-order valence-corrected chi connectivity index (χ0v) is 17.8. The molecule has 2 aromatic heterocycles. The van der Waals surface area contributed by atoms with E-state index in [9.17, 15) is 9.59 Å². The number of carbonyl (C=O) groups is 2. The molecule has 0 saturated carbocycles. The minimum atomic E-state index is -0.164. The Morgan fingerprint density at radius 3 is 2.43 bits per heavy atom. The van der Waals surface area contributed by atoms with Crippen LogP contribution in [0.4, 0.5) is 11.4 Å². The summed E-state index contributed by atoms with van der Waals surface area (Å²) in [5.41, 5.74) is 2.20. The van der Waals surface area contributed by atoms with E-state index in [1.54, 1.807) is 36.7 Å². The molecule has 0 saturated heterocycles. The second-order valence-corrected chi connectivity index (χ2v) is 7.61. The summed E-state index contributed by atoms with van der Waals surface area (Å²) in [7, 11) is 1.86. The van der Waals surface area contributed by atoms with Gasteiger partial charge in [-0.25, -0.2) is 0 Å². The largest absolute Gasteiger partial charge is 0.326 e. The molecule has 156 valence electrons. The normalized spacial score (nSPS) is 10.6. The average Bonchev–Trinajstić information content (AvgIpc) is 3.12. The molecule has 2 N–H and O–H groups in total. The van der Waals surface area contributed by atoms with E-state index >= 15 is 0 Å². The number of rotatable bonds is 9. The van der Waals surface area contributed by atoms with Gasteiger partial charge in [-0.05, 0) is 36.8 Å². The van der Waals surface area contributed by atoms with Crippen LogP contribution >= 0.6 is 11.8 Å². The fourth-order valence-electron chi connectivity index (χ4n) is 2.76. The van der Waals surface area contributed by atoms with Crippen LogP contribution in [0.25, 0.3) is 11.4 Å². The van der Waals surface area contributed by atoms with Gasteiger partial charge in [0.15, 0.2) is 11.0 Å². The first kappa shape index (κ1) is 21.5. The van der Waals surface area contributed by atoms with Crippen molar-refractivity contribution >= 4 is 35.0 Å². The third-order valence-corrected chi connectivity index (χ3v) is 5.31. The molecule has 0 bridgehead atoms. The second-order valence-electron chi connectivity index (χ2n) is 6.67. The lowest BCUT2D eigenvalue weighted by atomic mass is 10.2. The highest BCUT2D eigenvalue weighted by Gasteiger charge is 2.13. The number of pyridine rings is 1. The van der Waals surface area contributed by atoms with E-state index in [-0.39, 0.29) is 17.6 Å². The van der Waals surface area contributed by atoms with Crippen LogP contribution in [0, 0.1) is 0 Å². The van der Waals surface area contributed by atoms with Crippen LogP contribution in [-0.2, 0) is 16.6 Å². The number of amides is 2. The van der Waals surface area contributed by atoms with Gasteiger partial charge >= 0.3 is 0 Å². The van der Waals surface area contributed by atoms with Crippen molar-refractivity contribution in [3.63, 3.8) is 0 Å².